The van der Waals surface area contributed by atoms with Crippen molar-refractivity contribution in [2.24, 2.45) is 7.05 Å². The Balaban J connectivity index is 1.50. The minimum Gasteiger partial charge on any atom is -0.272 e. The van der Waals surface area contributed by atoms with Crippen molar-refractivity contribution in [3.63, 3.8) is 0 Å². The van der Waals surface area contributed by atoms with E-state index in [-0.39, 0.29) is 10.8 Å². The van der Waals surface area contributed by atoms with Gasteiger partial charge in [-0.1, -0.05) is 45.9 Å². The Morgan fingerprint density at radius 2 is 1.64 bits per heavy atom. The van der Waals surface area contributed by atoms with Crippen molar-refractivity contribution in [2.45, 2.75) is 70.1 Å². The van der Waals surface area contributed by atoms with Crippen molar-refractivity contribution in [1.82, 2.24) is 19.6 Å². The summed E-state index contributed by atoms with van der Waals surface area (Å²) in [6, 6.07) is 12.5. The molecule has 2 aromatic heterocycles. The van der Waals surface area contributed by atoms with Crippen LogP contribution >= 0.6 is 0 Å². The lowest BCUT2D eigenvalue weighted by atomic mass is 9.74. The van der Waals surface area contributed by atoms with Gasteiger partial charge in [0.1, 0.15) is 0 Å². The number of aromatic nitrogens is 4. The van der Waals surface area contributed by atoms with Gasteiger partial charge in [0.25, 0.3) is 0 Å². The number of hydrogen-bond acceptors (Lipinski definition) is 2. The second kappa shape index (κ2) is 6.91. The van der Waals surface area contributed by atoms with Crippen LogP contribution in [0.4, 0.5) is 0 Å². The highest BCUT2D eigenvalue weighted by molar-refractivity contribution is 5.33. The van der Waals surface area contributed by atoms with Crippen LogP contribution < -0.4 is 0 Å². The molecular weight excluding hydrogens is 344 g/mol. The van der Waals surface area contributed by atoms with Crippen LogP contribution in [0.25, 0.3) is 5.69 Å². The zero-order chi connectivity index (χ0) is 19.9. The molecule has 1 aliphatic carbocycles. The fourth-order valence-electron chi connectivity index (χ4n) is 4.11. The summed E-state index contributed by atoms with van der Waals surface area (Å²) in [5.41, 5.74) is 5.29. The minimum absolute atomic E-state index is 0.0270. The molecule has 0 amide bonds. The van der Waals surface area contributed by atoms with Crippen molar-refractivity contribution in [3.05, 3.63) is 65.7 Å². The Labute approximate surface area is 168 Å². The highest BCUT2D eigenvalue weighted by atomic mass is 15.3. The van der Waals surface area contributed by atoms with Gasteiger partial charge in [0.05, 0.1) is 17.6 Å². The van der Waals surface area contributed by atoms with Gasteiger partial charge in [-0.2, -0.15) is 10.2 Å². The first-order chi connectivity index (χ1) is 13.3. The molecule has 1 fully saturated rings. The van der Waals surface area contributed by atoms with E-state index >= 15 is 0 Å². The zero-order valence-corrected chi connectivity index (χ0v) is 17.8. The molecule has 4 heteroatoms. The van der Waals surface area contributed by atoms with Gasteiger partial charge in [-0.05, 0) is 54.9 Å². The number of rotatable bonds is 7. The van der Waals surface area contributed by atoms with E-state index in [1.165, 1.54) is 24.1 Å². The Morgan fingerprint density at radius 1 is 0.964 bits per heavy atom. The maximum atomic E-state index is 4.89. The van der Waals surface area contributed by atoms with Gasteiger partial charge in [-0.3, -0.25) is 4.68 Å². The first-order valence-electron chi connectivity index (χ1n) is 10.4. The quantitative estimate of drug-likeness (QED) is 0.544. The summed E-state index contributed by atoms with van der Waals surface area (Å²) in [6.45, 7) is 9.36. The van der Waals surface area contributed by atoms with E-state index in [9.17, 15) is 0 Å². The fourth-order valence-corrected chi connectivity index (χ4v) is 4.11. The average Bonchev–Trinajstić information content (AvgIpc) is 3.22. The first kappa shape index (κ1) is 19.0. The van der Waals surface area contributed by atoms with E-state index in [0.29, 0.717) is 0 Å². The molecule has 148 valence electrons. The molecule has 0 aliphatic heterocycles. The topological polar surface area (TPSA) is 35.6 Å². The molecule has 0 bridgehead atoms. The number of nitrogens with zero attached hydrogens (tertiary/aromatic N) is 4. The highest BCUT2D eigenvalue weighted by Crippen LogP contribution is 2.46. The smallest absolute Gasteiger partial charge is 0.0685 e. The van der Waals surface area contributed by atoms with Crippen molar-refractivity contribution < 1.29 is 0 Å². The molecule has 1 saturated carbocycles. The van der Waals surface area contributed by atoms with Gasteiger partial charge in [0.15, 0.2) is 0 Å². The van der Waals surface area contributed by atoms with Gasteiger partial charge in [-0.15, -0.1) is 0 Å². The second-order valence-electron chi connectivity index (χ2n) is 9.59. The highest BCUT2D eigenvalue weighted by Gasteiger charge is 2.36. The van der Waals surface area contributed by atoms with Gasteiger partial charge >= 0.3 is 0 Å². The molecule has 2 heterocycles. The molecule has 0 N–H and O–H groups in total. The molecule has 0 radical (unpaired) electrons. The molecule has 0 atom stereocenters. The monoisotopic (exact) mass is 376 g/mol. The average molecular weight is 377 g/mol. The normalized spacial score (nSPS) is 15.2. The Kier molecular flexibility index (Phi) is 4.68. The molecule has 28 heavy (non-hydrogen) atoms. The van der Waals surface area contributed by atoms with Crippen LogP contribution in [-0.2, 0) is 17.9 Å². The predicted molar refractivity (Wildman–Crippen MR) is 114 cm³/mol. The van der Waals surface area contributed by atoms with E-state index in [2.05, 4.69) is 87.2 Å². The summed E-state index contributed by atoms with van der Waals surface area (Å²) >= 11 is 0. The van der Waals surface area contributed by atoms with Crippen molar-refractivity contribution in [2.75, 3.05) is 0 Å². The van der Waals surface area contributed by atoms with Gasteiger partial charge in [0, 0.05) is 30.3 Å². The van der Waals surface area contributed by atoms with Gasteiger partial charge in [0.2, 0.25) is 0 Å². The van der Waals surface area contributed by atoms with Crippen LogP contribution in [0, 0.1) is 0 Å². The minimum atomic E-state index is 0.0270. The summed E-state index contributed by atoms with van der Waals surface area (Å²) < 4.78 is 4.08. The Hall–Kier alpha value is -2.36. The van der Waals surface area contributed by atoms with Crippen LogP contribution in [0.15, 0.2) is 48.8 Å². The molecule has 0 saturated heterocycles. The third-order valence-electron chi connectivity index (χ3n) is 6.36. The van der Waals surface area contributed by atoms with Gasteiger partial charge in [-0.25, -0.2) is 4.68 Å². The summed E-state index contributed by atoms with van der Waals surface area (Å²) in [5, 5.41) is 9.47. The summed E-state index contributed by atoms with van der Waals surface area (Å²) in [7, 11) is 2.09. The Bertz CT molecular complexity index is 942. The van der Waals surface area contributed by atoms with E-state index in [1.807, 2.05) is 10.7 Å². The molecule has 1 aromatic carbocycles. The van der Waals surface area contributed by atoms with Crippen LogP contribution in [0.3, 0.4) is 0 Å². The van der Waals surface area contributed by atoms with E-state index in [4.69, 9.17) is 5.10 Å². The number of para-hydroxylation sites is 1. The third-order valence-corrected chi connectivity index (χ3v) is 6.36. The second-order valence-corrected chi connectivity index (χ2v) is 9.59. The molecule has 0 spiro atoms. The van der Waals surface area contributed by atoms with Crippen LogP contribution in [0.1, 0.15) is 76.2 Å². The molecule has 0 unspecified atom stereocenters. The van der Waals surface area contributed by atoms with Crippen molar-refractivity contribution in [1.29, 1.82) is 0 Å². The molecule has 4 nitrogen and oxygen atoms in total. The van der Waals surface area contributed by atoms with E-state index in [0.717, 1.165) is 30.1 Å². The third kappa shape index (κ3) is 3.65. The lowest BCUT2D eigenvalue weighted by Crippen LogP contribution is -2.25. The number of aryl methyl sites for hydroxylation is 1. The molecule has 3 aromatic rings. The lowest BCUT2D eigenvalue weighted by molar-refractivity contribution is 0.366. The Morgan fingerprint density at radius 3 is 2.32 bits per heavy atom. The number of hydrogen-bond donors (Lipinski definition) is 0. The summed E-state index contributed by atoms with van der Waals surface area (Å²) in [4.78, 5) is 0. The lowest BCUT2D eigenvalue weighted by Gasteiger charge is -2.30. The summed E-state index contributed by atoms with van der Waals surface area (Å²) in [6.07, 6.45) is 9.00. The molecular formula is C24H32N4. The maximum absolute atomic E-state index is 4.89. The molecule has 4 rings (SSSR count). The van der Waals surface area contributed by atoms with Crippen LogP contribution in [-0.4, -0.2) is 19.6 Å². The predicted octanol–water partition coefficient (Wildman–Crippen LogP) is 5.52. The number of benzene rings is 1. The first-order valence-corrected chi connectivity index (χ1v) is 10.4. The van der Waals surface area contributed by atoms with Crippen LogP contribution in [0.2, 0.25) is 0 Å². The summed E-state index contributed by atoms with van der Waals surface area (Å²) in [5.74, 6) is 0.719. The largest absolute Gasteiger partial charge is 0.272 e. The van der Waals surface area contributed by atoms with Gasteiger partial charge < -0.3 is 0 Å². The van der Waals surface area contributed by atoms with Crippen molar-refractivity contribution >= 4 is 0 Å². The maximum Gasteiger partial charge on any atom is 0.0685 e. The van der Waals surface area contributed by atoms with Crippen molar-refractivity contribution in [3.8, 4) is 5.69 Å². The van der Waals surface area contributed by atoms with E-state index in [1.54, 1.807) is 0 Å². The SMILES string of the molecule is Cn1ncc(C(C)(C)CCC(C)(C)c2ccn(-c3ccccc3)n2)c1C1CC1. The molecule has 1 aliphatic rings. The fraction of sp³-hybridized carbons (Fsp3) is 0.500. The zero-order valence-electron chi connectivity index (χ0n) is 17.8. The van der Waals surface area contributed by atoms with Crippen LogP contribution in [0.5, 0.6) is 0 Å². The standard InChI is InChI=1S/C24H32N4/c1-23(2,20-17-25-27(5)22(20)18-11-12-18)14-15-24(3,4)21-13-16-28(26-21)19-9-7-6-8-10-19/h6-10,13,16-18H,11-12,14-15H2,1-5H3. The van der Waals surface area contributed by atoms with E-state index < -0.39 is 0 Å².